The lowest BCUT2D eigenvalue weighted by atomic mass is 10.0. The molecule has 1 aromatic rings. The summed E-state index contributed by atoms with van der Waals surface area (Å²) >= 11 is 13.2. The van der Waals surface area contributed by atoms with Crippen LogP contribution in [-0.4, -0.2) is 52.3 Å². The number of benzene rings is 1. The molecule has 0 radical (unpaired) electrons. The first-order valence-corrected chi connectivity index (χ1v) is 26.7. The smallest absolute Gasteiger partial charge is 0.266 e. The van der Waals surface area contributed by atoms with Crippen LogP contribution in [-0.2, 0) is 9.59 Å². The quantitative estimate of drug-likeness (QED) is 0.0528. The molecule has 2 aliphatic heterocycles. The SMILES string of the molecule is CCCCCCCCCCCCCCCCSC1=C(SCCCCCCCCCCCCCCCC)SC(=c2ccc(=C3C(=O)N(C)C(=S)N(C)C3=O)cc2)S1. The Bertz CT molecular complexity index is 1360. The first-order chi connectivity index (χ1) is 27.4. The van der Waals surface area contributed by atoms with Crippen LogP contribution in [0.15, 0.2) is 32.7 Å². The zero-order chi connectivity index (χ0) is 40.2. The van der Waals surface area contributed by atoms with E-state index in [1.807, 2.05) is 35.7 Å². The number of unbranched alkanes of at least 4 members (excludes halogenated alkanes) is 26. The number of hydrogen-bond donors (Lipinski definition) is 0. The minimum absolute atomic E-state index is 0.179. The summed E-state index contributed by atoms with van der Waals surface area (Å²) in [4.78, 5) is 28.8. The van der Waals surface area contributed by atoms with Gasteiger partial charge in [0.15, 0.2) is 5.11 Å². The van der Waals surface area contributed by atoms with E-state index in [0.29, 0.717) is 5.22 Å². The first-order valence-electron chi connectivity index (χ1n) is 22.7. The summed E-state index contributed by atoms with van der Waals surface area (Å²) in [6.45, 7) is 4.59. The molecular formula is C47H76N2O2S5. The second-order valence-electron chi connectivity index (χ2n) is 15.9. The van der Waals surface area contributed by atoms with Gasteiger partial charge < -0.3 is 0 Å². The molecule has 1 saturated heterocycles. The highest BCUT2D eigenvalue weighted by Gasteiger charge is 2.35. The number of nitrogens with zero attached hydrogens (tertiary/aromatic N) is 2. The van der Waals surface area contributed by atoms with Gasteiger partial charge in [0.25, 0.3) is 11.8 Å². The van der Waals surface area contributed by atoms with Crippen molar-refractivity contribution in [2.45, 2.75) is 194 Å². The Kier molecular flexibility index (Phi) is 27.5. The van der Waals surface area contributed by atoms with E-state index in [4.69, 9.17) is 12.2 Å². The van der Waals surface area contributed by atoms with Gasteiger partial charge in [-0.1, -0.05) is 229 Å². The molecule has 56 heavy (non-hydrogen) atoms. The van der Waals surface area contributed by atoms with Crippen LogP contribution in [0.25, 0.3) is 9.81 Å². The molecule has 316 valence electrons. The highest BCUT2D eigenvalue weighted by Crippen LogP contribution is 2.58. The molecule has 0 saturated carbocycles. The third-order valence-electron chi connectivity index (χ3n) is 11.0. The molecule has 1 fully saturated rings. The van der Waals surface area contributed by atoms with Crippen LogP contribution in [0, 0.1) is 0 Å². The number of carbonyl (C=O) groups is 2. The van der Waals surface area contributed by atoms with Crippen LogP contribution in [0.2, 0.25) is 0 Å². The molecule has 0 spiro atoms. The lowest BCUT2D eigenvalue weighted by Gasteiger charge is -2.31. The van der Waals surface area contributed by atoms with Gasteiger partial charge in [0.05, 0.1) is 12.7 Å². The zero-order valence-corrected chi connectivity index (χ0v) is 39.9. The van der Waals surface area contributed by atoms with Crippen molar-refractivity contribution in [3.05, 3.63) is 43.2 Å². The molecule has 1 aromatic carbocycles. The van der Waals surface area contributed by atoms with E-state index in [-0.39, 0.29) is 22.5 Å². The van der Waals surface area contributed by atoms with Crippen molar-refractivity contribution in [2.75, 3.05) is 25.6 Å². The van der Waals surface area contributed by atoms with Crippen LogP contribution >= 0.6 is 59.3 Å². The summed E-state index contributed by atoms with van der Waals surface area (Å²) < 4.78 is 4.22. The van der Waals surface area contributed by atoms with Gasteiger partial charge in [0.2, 0.25) is 0 Å². The number of carbonyl (C=O) groups excluding carboxylic acids is 2. The molecule has 0 bridgehead atoms. The number of thioether (sulfide) groups is 4. The predicted molar refractivity (Wildman–Crippen MR) is 258 cm³/mol. The second-order valence-corrected chi connectivity index (χ2v) is 21.3. The molecule has 2 amide bonds. The van der Waals surface area contributed by atoms with Crippen molar-refractivity contribution in [1.82, 2.24) is 9.80 Å². The first kappa shape index (κ1) is 49.5. The Morgan fingerprint density at radius 2 is 0.750 bits per heavy atom. The Morgan fingerprint density at radius 3 is 1.07 bits per heavy atom. The summed E-state index contributed by atoms with van der Waals surface area (Å²) in [5.41, 5.74) is 0.179. The predicted octanol–water partition coefficient (Wildman–Crippen LogP) is 14.2. The largest absolute Gasteiger partial charge is 0.288 e. The van der Waals surface area contributed by atoms with Crippen LogP contribution in [0.1, 0.15) is 194 Å². The van der Waals surface area contributed by atoms with E-state index in [2.05, 4.69) is 49.5 Å². The molecule has 2 heterocycles. The van der Waals surface area contributed by atoms with Crippen LogP contribution in [0.3, 0.4) is 0 Å². The van der Waals surface area contributed by atoms with E-state index in [0.717, 1.165) is 5.22 Å². The summed E-state index contributed by atoms with van der Waals surface area (Å²) in [5, 5.41) is 2.03. The van der Waals surface area contributed by atoms with Gasteiger partial charge in [0.1, 0.15) is 5.57 Å². The maximum Gasteiger partial charge on any atom is 0.266 e. The van der Waals surface area contributed by atoms with Crippen molar-refractivity contribution in [2.24, 2.45) is 0 Å². The highest BCUT2D eigenvalue weighted by molar-refractivity contribution is 8.45. The van der Waals surface area contributed by atoms with Gasteiger partial charge in [-0.2, -0.15) is 0 Å². The standard InChI is InChI=1S/C47H76N2O2S5/c1-5-7-9-11-13-15-17-19-21-23-25-27-29-31-37-53-45-46(54-38-32-30-28-26-24-22-20-18-16-14-12-10-8-6-2)56-44(55-45)40-35-33-39(34-36-40)41-42(50)48(3)47(52)49(4)43(41)51/h33-36H,5-32,37-38H2,1-4H3. The number of hydrogen-bond acceptors (Lipinski definition) is 7. The fourth-order valence-corrected chi connectivity index (χ4v) is 13.5. The van der Waals surface area contributed by atoms with Gasteiger partial charge >= 0.3 is 0 Å². The van der Waals surface area contributed by atoms with Crippen LogP contribution < -0.4 is 10.4 Å². The topological polar surface area (TPSA) is 40.6 Å². The monoisotopic (exact) mass is 860 g/mol. The Balaban J connectivity index is 1.44. The summed E-state index contributed by atoms with van der Waals surface area (Å²) in [6, 6.07) is 7.99. The van der Waals surface area contributed by atoms with Gasteiger partial charge in [-0.3, -0.25) is 19.4 Å². The lowest BCUT2D eigenvalue weighted by molar-refractivity contribution is -0.129. The summed E-state index contributed by atoms with van der Waals surface area (Å²) in [5.74, 6) is 1.69. The lowest BCUT2D eigenvalue weighted by Crippen LogP contribution is -2.53. The van der Waals surface area contributed by atoms with E-state index < -0.39 is 0 Å². The molecule has 0 N–H and O–H groups in total. The average Bonchev–Trinajstić information content (AvgIpc) is 3.62. The number of rotatable bonds is 32. The van der Waals surface area contributed by atoms with Gasteiger partial charge in [-0.15, -0.1) is 23.5 Å². The zero-order valence-electron chi connectivity index (χ0n) is 35.8. The van der Waals surface area contributed by atoms with Gasteiger partial charge in [-0.25, -0.2) is 0 Å². The molecular weight excluding hydrogens is 785 g/mol. The van der Waals surface area contributed by atoms with Crippen molar-refractivity contribution < 1.29 is 9.59 Å². The van der Waals surface area contributed by atoms with Crippen molar-refractivity contribution in [3.63, 3.8) is 0 Å². The fraction of sp³-hybridized carbons (Fsp3) is 0.723. The minimum Gasteiger partial charge on any atom is -0.288 e. The van der Waals surface area contributed by atoms with Crippen LogP contribution in [0.5, 0.6) is 0 Å². The molecule has 2 aliphatic rings. The summed E-state index contributed by atoms with van der Waals surface area (Å²) in [7, 11) is 3.26. The van der Waals surface area contributed by atoms with Crippen molar-refractivity contribution in [3.8, 4) is 0 Å². The molecule has 4 nitrogen and oxygen atoms in total. The van der Waals surface area contributed by atoms with Crippen molar-refractivity contribution in [1.29, 1.82) is 0 Å². The highest BCUT2D eigenvalue weighted by atomic mass is 32.3. The third-order valence-corrected chi connectivity index (χ3v) is 17.3. The molecule has 0 aliphatic carbocycles. The Hall–Kier alpha value is -0.870. The third kappa shape index (κ3) is 19.0. The van der Waals surface area contributed by atoms with E-state index in [1.54, 1.807) is 14.1 Å². The van der Waals surface area contributed by atoms with E-state index in [9.17, 15) is 9.59 Å². The van der Waals surface area contributed by atoms with Gasteiger partial charge in [0, 0.05) is 14.1 Å². The minimum atomic E-state index is -0.339. The Morgan fingerprint density at radius 1 is 0.464 bits per heavy atom. The summed E-state index contributed by atoms with van der Waals surface area (Å²) in [6.07, 6.45) is 39.0. The normalized spacial score (nSPS) is 15.0. The molecule has 0 aromatic heterocycles. The van der Waals surface area contributed by atoms with Gasteiger partial charge in [-0.05, 0) is 47.0 Å². The molecule has 0 unspecified atom stereocenters. The second kappa shape index (κ2) is 31.1. The molecule has 9 heteroatoms. The molecule has 0 atom stereocenters. The maximum absolute atomic E-state index is 13.0. The van der Waals surface area contributed by atoms with Crippen LogP contribution in [0.4, 0.5) is 0 Å². The van der Waals surface area contributed by atoms with Crippen molar-refractivity contribution >= 4 is 86.0 Å². The fourth-order valence-electron chi connectivity index (χ4n) is 7.34. The molecule has 3 rings (SSSR count). The maximum atomic E-state index is 13.0. The average molecular weight is 861 g/mol. The Labute approximate surface area is 365 Å². The number of thiocarbonyl (C=S) groups is 1. The van der Waals surface area contributed by atoms with E-state index >= 15 is 0 Å². The number of amides is 2. The van der Waals surface area contributed by atoms with E-state index in [1.165, 1.54) is 214 Å².